The lowest BCUT2D eigenvalue weighted by Gasteiger charge is -2.13. The van der Waals surface area contributed by atoms with E-state index in [0.717, 1.165) is 22.2 Å². The Morgan fingerprint density at radius 1 is 1.27 bits per heavy atom. The van der Waals surface area contributed by atoms with E-state index in [2.05, 4.69) is 9.97 Å². The van der Waals surface area contributed by atoms with Crippen LogP contribution in [0, 0.1) is 20.8 Å². The fraction of sp³-hybridized carbons (Fsp3) is 0.188. The molecule has 2 N–H and O–H groups in total. The first-order valence-corrected chi connectivity index (χ1v) is 6.81. The van der Waals surface area contributed by atoms with Crippen LogP contribution in [0.2, 0.25) is 0 Å². The number of hydrogen-bond donors (Lipinski definition) is 2. The zero-order chi connectivity index (χ0) is 16.0. The number of pyridine rings is 1. The van der Waals surface area contributed by atoms with Gasteiger partial charge < -0.3 is 10.1 Å². The second-order valence-corrected chi connectivity index (χ2v) is 5.30. The summed E-state index contributed by atoms with van der Waals surface area (Å²) in [5, 5.41) is 9.25. The van der Waals surface area contributed by atoms with E-state index in [1.54, 1.807) is 25.5 Å². The number of rotatable bonds is 2. The molecule has 0 saturated heterocycles. The van der Waals surface area contributed by atoms with Gasteiger partial charge in [-0.05, 0) is 49.6 Å². The molecule has 0 radical (unpaired) electrons. The molecular formula is C16H15N3O3. The van der Waals surface area contributed by atoms with Gasteiger partial charge in [-0.25, -0.2) is 9.78 Å². The van der Waals surface area contributed by atoms with Gasteiger partial charge >= 0.3 is 5.97 Å². The van der Waals surface area contributed by atoms with Crippen LogP contribution in [0.1, 0.15) is 27.0 Å². The molecule has 0 bridgehead atoms. The predicted molar refractivity (Wildman–Crippen MR) is 82.9 cm³/mol. The fourth-order valence-electron chi connectivity index (χ4n) is 2.65. The molecule has 0 amide bonds. The Balaban J connectivity index is 2.38. The second-order valence-electron chi connectivity index (χ2n) is 5.30. The number of carbonyl (C=O) groups is 1. The van der Waals surface area contributed by atoms with Crippen molar-refractivity contribution in [1.29, 1.82) is 0 Å². The maximum absolute atomic E-state index is 12.5. The highest BCUT2D eigenvalue weighted by Gasteiger charge is 2.17. The summed E-state index contributed by atoms with van der Waals surface area (Å²) in [6, 6.07) is 3.45. The predicted octanol–water partition coefficient (Wildman–Crippen LogP) is 2.34. The Hall–Kier alpha value is -2.89. The molecule has 112 valence electrons. The van der Waals surface area contributed by atoms with Crippen LogP contribution in [0.15, 0.2) is 29.5 Å². The van der Waals surface area contributed by atoms with Crippen molar-refractivity contribution in [3.63, 3.8) is 0 Å². The Morgan fingerprint density at radius 2 is 2.00 bits per heavy atom. The van der Waals surface area contributed by atoms with Crippen molar-refractivity contribution in [3.05, 3.63) is 57.3 Å². The molecule has 0 unspecified atom stereocenters. The Morgan fingerprint density at radius 3 is 2.68 bits per heavy atom. The average Bonchev–Trinajstić information content (AvgIpc) is 2.91. The quantitative estimate of drug-likeness (QED) is 0.760. The third-order valence-corrected chi connectivity index (χ3v) is 4.03. The van der Waals surface area contributed by atoms with E-state index in [-0.39, 0.29) is 5.56 Å². The van der Waals surface area contributed by atoms with E-state index in [1.165, 1.54) is 4.57 Å². The highest BCUT2D eigenvalue weighted by atomic mass is 16.4. The van der Waals surface area contributed by atoms with Crippen molar-refractivity contribution >= 4 is 17.0 Å². The molecule has 0 aliphatic carbocycles. The maximum atomic E-state index is 12.5. The smallest absolute Gasteiger partial charge is 0.341 e. The van der Waals surface area contributed by atoms with Gasteiger partial charge in [-0.1, -0.05) is 0 Å². The summed E-state index contributed by atoms with van der Waals surface area (Å²) in [5.41, 5.74) is 3.87. The highest BCUT2D eigenvalue weighted by Crippen LogP contribution is 2.24. The zero-order valence-electron chi connectivity index (χ0n) is 12.5. The van der Waals surface area contributed by atoms with Gasteiger partial charge in [-0.15, -0.1) is 0 Å². The van der Waals surface area contributed by atoms with Crippen molar-refractivity contribution < 1.29 is 9.90 Å². The van der Waals surface area contributed by atoms with E-state index in [4.69, 9.17) is 0 Å². The third-order valence-electron chi connectivity index (χ3n) is 4.03. The van der Waals surface area contributed by atoms with Crippen molar-refractivity contribution in [3.8, 4) is 5.69 Å². The lowest BCUT2D eigenvalue weighted by molar-refractivity contribution is 0.0693. The number of aromatic nitrogens is 3. The molecule has 0 saturated carbocycles. The van der Waals surface area contributed by atoms with Crippen molar-refractivity contribution in [2.24, 2.45) is 0 Å². The number of imidazole rings is 1. The van der Waals surface area contributed by atoms with Crippen LogP contribution in [-0.2, 0) is 0 Å². The molecule has 0 aliphatic heterocycles. The summed E-state index contributed by atoms with van der Waals surface area (Å²) < 4.78 is 1.37. The number of aryl methyl sites for hydroxylation is 2. The van der Waals surface area contributed by atoms with Gasteiger partial charge in [-0.2, -0.15) is 0 Å². The largest absolute Gasteiger partial charge is 0.477 e. The summed E-state index contributed by atoms with van der Waals surface area (Å²) in [4.78, 5) is 31.1. The number of nitrogens with zero attached hydrogens (tertiary/aromatic N) is 2. The van der Waals surface area contributed by atoms with Gasteiger partial charge in [0.05, 0.1) is 23.0 Å². The number of H-pyrrole nitrogens is 1. The first kappa shape index (κ1) is 14.1. The highest BCUT2D eigenvalue weighted by molar-refractivity contribution is 5.89. The summed E-state index contributed by atoms with van der Waals surface area (Å²) in [7, 11) is 0. The molecule has 6 heteroatoms. The molecular weight excluding hydrogens is 282 g/mol. The van der Waals surface area contributed by atoms with Crippen LogP contribution in [-0.4, -0.2) is 25.6 Å². The molecule has 0 aliphatic rings. The minimum atomic E-state index is -1.21. The van der Waals surface area contributed by atoms with Crippen LogP contribution < -0.4 is 5.56 Å². The van der Waals surface area contributed by atoms with E-state index in [9.17, 15) is 14.7 Å². The number of aromatic carboxylic acids is 1. The van der Waals surface area contributed by atoms with Crippen LogP contribution in [0.4, 0.5) is 0 Å². The van der Waals surface area contributed by atoms with E-state index < -0.39 is 11.5 Å². The summed E-state index contributed by atoms with van der Waals surface area (Å²) in [5.74, 6) is -1.21. The van der Waals surface area contributed by atoms with E-state index in [0.29, 0.717) is 11.3 Å². The molecule has 6 nitrogen and oxygen atoms in total. The SMILES string of the molecule is Cc1ccn(-c2cc3[nH]cnc3c(C)c2C)c(=O)c1C(=O)O. The Bertz CT molecular complexity index is 967. The van der Waals surface area contributed by atoms with E-state index >= 15 is 0 Å². The molecule has 22 heavy (non-hydrogen) atoms. The van der Waals surface area contributed by atoms with Crippen LogP contribution >= 0.6 is 0 Å². The molecule has 0 atom stereocenters. The molecule has 0 spiro atoms. The van der Waals surface area contributed by atoms with E-state index in [1.807, 2.05) is 19.9 Å². The van der Waals surface area contributed by atoms with Gasteiger partial charge in [0.1, 0.15) is 5.56 Å². The first-order valence-electron chi connectivity index (χ1n) is 6.81. The molecule has 2 heterocycles. The summed E-state index contributed by atoms with van der Waals surface area (Å²) in [6.45, 7) is 5.44. The number of benzene rings is 1. The maximum Gasteiger partial charge on any atom is 0.341 e. The monoisotopic (exact) mass is 297 g/mol. The topological polar surface area (TPSA) is 88.0 Å². The summed E-state index contributed by atoms with van der Waals surface area (Å²) >= 11 is 0. The Kier molecular flexibility index (Phi) is 3.09. The van der Waals surface area contributed by atoms with Gasteiger partial charge in [0.2, 0.25) is 0 Å². The minimum absolute atomic E-state index is 0.204. The lowest BCUT2D eigenvalue weighted by Crippen LogP contribution is -2.26. The van der Waals surface area contributed by atoms with Crippen molar-refractivity contribution in [1.82, 2.24) is 14.5 Å². The number of nitrogens with one attached hydrogen (secondary N) is 1. The normalized spacial score (nSPS) is 11.0. The number of aromatic amines is 1. The number of fused-ring (bicyclic) bond motifs is 1. The fourth-order valence-corrected chi connectivity index (χ4v) is 2.65. The minimum Gasteiger partial charge on any atom is -0.477 e. The van der Waals surface area contributed by atoms with Crippen LogP contribution in [0.25, 0.3) is 16.7 Å². The molecule has 0 fully saturated rings. The van der Waals surface area contributed by atoms with Gasteiger partial charge in [0, 0.05) is 6.20 Å². The third kappa shape index (κ3) is 1.92. The van der Waals surface area contributed by atoms with Crippen LogP contribution in [0.5, 0.6) is 0 Å². The molecule has 3 aromatic rings. The second kappa shape index (κ2) is 4.84. The standard InChI is InChI=1S/C16H15N3O3/c1-8-4-5-19(15(20)13(8)16(21)22)12-6-11-14(18-7-17-11)10(3)9(12)2/h4-7H,1-3H3,(H,17,18)(H,21,22). The number of carboxylic acid groups (broad SMARTS) is 1. The zero-order valence-corrected chi connectivity index (χ0v) is 12.5. The summed E-state index contributed by atoms with van der Waals surface area (Å²) in [6.07, 6.45) is 3.20. The molecule has 3 rings (SSSR count). The molecule has 1 aromatic carbocycles. The number of hydrogen-bond acceptors (Lipinski definition) is 3. The van der Waals surface area contributed by atoms with Crippen molar-refractivity contribution in [2.45, 2.75) is 20.8 Å². The van der Waals surface area contributed by atoms with Gasteiger partial charge in [-0.3, -0.25) is 9.36 Å². The van der Waals surface area contributed by atoms with Gasteiger partial charge in [0.15, 0.2) is 0 Å². The lowest BCUT2D eigenvalue weighted by atomic mass is 10.0. The average molecular weight is 297 g/mol. The number of carboxylic acids is 1. The van der Waals surface area contributed by atoms with Gasteiger partial charge in [0.25, 0.3) is 5.56 Å². The molecule has 2 aromatic heterocycles. The Labute approximate surface area is 126 Å². The van der Waals surface area contributed by atoms with Crippen LogP contribution in [0.3, 0.4) is 0 Å². The van der Waals surface area contributed by atoms with Crippen molar-refractivity contribution in [2.75, 3.05) is 0 Å². The first-order chi connectivity index (χ1) is 10.4.